The Kier molecular flexibility index (Phi) is 4.78. The van der Waals surface area contributed by atoms with E-state index in [9.17, 15) is 5.11 Å². The molecule has 1 atom stereocenters. The van der Waals surface area contributed by atoms with Crippen LogP contribution in [0.1, 0.15) is 28.2 Å². The monoisotopic (exact) mass is 318 g/mol. The smallest absolute Gasteiger partial charge is 0.0503 e. The van der Waals surface area contributed by atoms with E-state index in [1.54, 1.807) is 0 Å². The molecule has 19 heavy (non-hydrogen) atoms. The quantitative estimate of drug-likeness (QED) is 0.886. The van der Waals surface area contributed by atoms with Gasteiger partial charge in [0.1, 0.15) is 0 Å². The predicted octanol–water partition coefficient (Wildman–Crippen LogP) is 4.38. The Hall–Kier alpha value is -1.12. The van der Waals surface area contributed by atoms with Crippen LogP contribution in [0, 0.1) is 13.8 Å². The molecule has 2 rings (SSSR count). The molecule has 0 saturated carbocycles. The number of hydrogen-bond donors (Lipinski definition) is 1. The van der Waals surface area contributed by atoms with Crippen molar-refractivity contribution in [3.8, 4) is 0 Å². The average molecular weight is 319 g/mol. The summed E-state index contributed by atoms with van der Waals surface area (Å²) < 4.78 is 1.07. The van der Waals surface area contributed by atoms with Crippen LogP contribution in [-0.2, 0) is 6.42 Å². The summed E-state index contributed by atoms with van der Waals surface area (Å²) in [6.45, 7) is 4.39. The van der Waals surface area contributed by atoms with E-state index in [1.165, 1.54) is 22.3 Å². The highest BCUT2D eigenvalue weighted by molar-refractivity contribution is 9.10. The number of benzene rings is 2. The fourth-order valence-corrected chi connectivity index (χ4v) is 3.16. The third-order valence-corrected chi connectivity index (χ3v) is 4.05. The molecule has 2 aromatic rings. The van der Waals surface area contributed by atoms with Gasteiger partial charge in [0.05, 0.1) is 6.61 Å². The second-order valence-corrected chi connectivity index (χ2v) is 5.96. The standard InChI is InChI=1S/C17H19BrO/c1-12-7-13(2)9-14(8-12)10-15(11-19)16-5-3-4-6-17(16)18/h3-9,15,19H,10-11H2,1-2H3. The van der Waals surface area contributed by atoms with E-state index < -0.39 is 0 Å². The molecular formula is C17H19BrO. The molecule has 1 N–H and O–H groups in total. The number of hydrogen-bond acceptors (Lipinski definition) is 1. The molecule has 1 nitrogen and oxygen atoms in total. The van der Waals surface area contributed by atoms with Crippen molar-refractivity contribution in [3.05, 3.63) is 69.2 Å². The Morgan fingerprint density at radius 2 is 1.68 bits per heavy atom. The molecule has 2 aromatic carbocycles. The zero-order valence-corrected chi connectivity index (χ0v) is 12.9. The van der Waals surface area contributed by atoms with Gasteiger partial charge in [-0.25, -0.2) is 0 Å². The van der Waals surface area contributed by atoms with Crippen molar-refractivity contribution >= 4 is 15.9 Å². The third kappa shape index (κ3) is 3.68. The van der Waals surface area contributed by atoms with Crippen LogP contribution in [0.5, 0.6) is 0 Å². The number of aliphatic hydroxyl groups excluding tert-OH is 1. The van der Waals surface area contributed by atoms with Crippen molar-refractivity contribution in [2.75, 3.05) is 6.61 Å². The molecule has 0 amide bonds. The van der Waals surface area contributed by atoms with Crippen molar-refractivity contribution in [1.82, 2.24) is 0 Å². The predicted molar refractivity (Wildman–Crippen MR) is 83.6 cm³/mol. The van der Waals surface area contributed by atoms with Gasteiger partial charge in [-0.05, 0) is 37.5 Å². The molecule has 0 radical (unpaired) electrons. The highest BCUT2D eigenvalue weighted by Crippen LogP contribution is 2.28. The van der Waals surface area contributed by atoms with Crippen LogP contribution >= 0.6 is 15.9 Å². The van der Waals surface area contributed by atoms with Crippen LogP contribution in [0.15, 0.2) is 46.9 Å². The van der Waals surface area contributed by atoms with Crippen LogP contribution in [0.25, 0.3) is 0 Å². The van der Waals surface area contributed by atoms with Crippen LogP contribution in [0.4, 0.5) is 0 Å². The van der Waals surface area contributed by atoms with Gasteiger partial charge >= 0.3 is 0 Å². The van der Waals surface area contributed by atoms with Crippen LogP contribution in [-0.4, -0.2) is 11.7 Å². The van der Waals surface area contributed by atoms with Crippen molar-refractivity contribution < 1.29 is 5.11 Å². The Balaban J connectivity index is 2.26. The first-order valence-corrected chi connectivity index (χ1v) is 7.32. The lowest BCUT2D eigenvalue weighted by atomic mass is 9.91. The second-order valence-electron chi connectivity index (χ2n) is 5.10. The fraction of sp³-hybridized carbons (Fsp3) is 0.294. The molecule has 0 fully saturated rings. The van der Waals surface area contributed by atoms with Crippen molar-refractivity contribution in [2.24, 2.45) is 0 Å². The Bertz CT molecular complexity index is 543. The maximum absolute atomic E-state index is 9.68. The van der Waals surface area contributed by atoms with Gasteiger partial charge in [-0.3, -0.25) is 0 Å². The van der Waals surface area contributed by atoms with E-state index in [1.807, 2.05) is 18.2 Å². The van der Waals surface area contributed by atoms with E-state index in [2.05, 4.69) is 54.0 Å². The molecule has 0 aliphatic carbocycles. The number of halogens is 1. The Morgan fingerprint density at radius 3 is 2.26 bits per heavy atom. The fourth-order valence-electron chi connectivity index (χ4n) is 2.55. The third-order valence-electron chi connectivity index (χ3n) is 3.33. The number of aliphatic hydroxyl groups is 1. The maximum atomic E-state index is 9.68. The molecule has 1 unspecified atom stereocenters. The van der Waals surface area contributed by atoms with Gasteiger partial charge in [-0.1, -0.05) is 63.5 Å². The van der Waals surface area contributed by atoms with E-state index in [0.29, 0.717) is 0 Å². The first-order valence-electron chi connectivity index (χ1n) is 6.52. The molecular weight excluding hydrogens is 300 g/mol. The summed E-state index contributed by atoms with van der Waals surface area (Å²) >= 11 is 3.57. The molecule has 0 saturated heterocycles. The highest BCUT2D eigenvalue weighted by atomic mass is 79.9. The summed E-state index contributed by atoms with van der Waals surface area (Å²) in [5, 5.41) is 9.68. The van der Waals surface area contributed by atoms with Gasteiger partial charge in [-0.2, -0.15) is 0 Å². The Morgan fingerprint density at radius 1 is 1.05 bits per heavy atom. The van der Waals surface area contributed by atoms with Crippen molar-refractivity contribution in [3.63, 3.8) is 0 Å². The molecule has 0 aliphatic rings. The second kappa shape index (κ2) is 6.36. The zero-order valence-electron chi connectivity index (χ0n) is 11.4. The summed E-state index contributed by atoms with van der Waals surface area (Å²) in [5.41, 5.74) is 5.01. The van der Waals surface area contributed by atoms with Gasteiger partial charge in [0.15, 0.2) is 0 Å². The maximum Gasteiger partial charge on any atom is 0.0503 e. The summed E-state index contributed by atoms with van der Waals surface area (Å²) in [6.07, 6.45) is 0.863. The Labute approximate surface area is 123 Å². The SMILES string of the molecule is Cc1cc(C)cc(CC(CO)c2ccccc2Br)c1. The van der Waals surface area contributed by atoms with Crippen molar-refractivity contribution in [1.29, 1.82) is 0 Å². The van der Waals surface area contributed by atoms with Gasteiger partial charge in [0, 0.05) is 10.4 Å². The lowest BCUT2D eigenvalue weighted by molar-refractivity contribution is 0.264. The van der Waals surface area contributed by atoms with E-state index >= 15 is 0 Å². The van der Waals surface area contributed by atoms with Crippen molar-refractivity contribution in [2.45, 2.75) is 26.2 Å². The number of aryl methyl sites for hydroxylation is 2. The topological polar surface area (TPSA) is 20.2 Å². The summed E-state index contributed by atoms with van der Waals surface area (Å²) in [5.74, 6) is 0.136. The molecule has 0 bridgehead atoms. The summed E-state index contributed by atoms with van der Waals surface area (Å²) in [7, 11) is 0. The molecule has 2 heteroatoms. The van der Waals surface area contributed by atoms with E-state index in [0.717, 1.165) is 10.9 Å². The molecule has 0 aliphatic heterocycles. The lowest BCUT2D eigenvalue weighted by Gasteiger charge is -2.17. The average Bonchev–Trinajstić information content (AvgIpc) is 2.36. The largest absolute Gasteiger partial charge is 0.396 e. The molecule has 100 valence electrons. The molecule has 0 heterocycles. The van der Waals surface area contributed by atoms with E-state index in [-0.39, 0.29) is 12.5 Å². The first-order chi connectivity index (χ1) is 9.10. The zero-order chi connectivity index (χ0) is 13.8. The minimum atomic E-state index is 0.136. The lowest BCUT2D eigenvalue weighted by Crippen LogP contribution is -2.08. The van der Waals surface area contributed by atoms with Gasteiger partial charge < -0.3 is 5.11 Å². The summed E-state index contributed by atoms with van der Waals surface area (Å²) in [4.78, 5) is 0. The molecule has 0 aromatic heterocycles. The minimum Gasteiger partial charge on any atom is -0.396 e. The molecule has 0 spiro atoms. The van der Waals surface area contributed by atoms with Gasteiger partial charge in [0.2, 0.25) is 0 Å². The minimum absolute atomic E-state index is 0.136. The van der Waals surface area contributed by atoms with E-state index in [4.69, 9.17) is 0 Å². The van der Waals surface area contributed by atoms with Gasteiger partial charge in [-0.15, -0.1) is 0 Å². The van der Waals surface area contributed by atoms with Crippen LogP contribution in [0.2, 0.25) is 0 Å². The van der Waals surface area contributed by atoms with Crippen LogP contribution < -0.4 is 0 Å². The summed E-state index contributed by atoms with van der Waals surface area (Å²) in [6, 6.07) is 14.7. The highest BCUT2D eigenvalue weighted by Gasteiger charge is 2.14. The normalized spacial score (nSPS) is 12.4. The number of rotatable bonds is 4. The first kappa shape index (κ1) is 14.3. The van der Waals surface area contributed by atoms with Gasteiger partial charge in [0.25, 0.3) is 0 Å². The van der Waals surface area contributed by atoms with Crippen LogP contribution in [0.3, 0.4) is 0 Å².